The number of rotatable bonds is 4. The lowest BCUT2D eigenvalue weighted by Crippen LogP contribution is -1.98. The lowest BCUT2D eigenvalue weighted by atomic mass is 10.2. The Labute approximate surface area is 122 Å². The molecule has 0 aliphatic heterocycles. The van der Waals surface area contributed by atoms with Gasteiger partial charge in [0.1, 0.15) is 0 Å². The molecule has 0 fully saturated rings. The van der Waals surface area contributed by atoms with E-state index in [9.17, 15) is 18.5 Å². The number of sulfonamides is 1. The van der Waals surface area contributed by atoms with Gasteiger partial charge in [0.05, 0.1) is 9.82 Å². The van der Waals surface area contributed by atoms with E-state index in [2.05, 4.69) is 4.40 Å². The molecule has 21 heavy (non-hydrogen) atoms. The summed E-state index contributed by atoms with van der Waals surface area (Å²) in [4.78, 5) is 10.1. The fourth-order valence-corrected chi connectivity index (χ4v) is 2.45. The average Bonchev–Trinajstić information content (AvgIpc) is 2.46. The standard InChI is InChI=1S/C14H12N2O4S/c1-11-2-8-14(9-3-11)21(19,20)15-10-12-4-6-13(7-5-12)16(17)18/h2-10H,1H3. The van der Waals surface area contributed by atoms with Crippen molar-refractivity contribution in [3.63, 3.8) is 0 Å². The minimum absolute atomic E-state index is 0.0615. The van der Waals surface area contributed by atoms with Crippen LogP contribution in [0.25, 0.3) is 0 Å². The largest absolute Gasteiger partial charge is 0.282 e. The van der Waals surface area contributed by atoms with Gasteiger partial charge in [-0.05, 0) is 36.8 Å². The molecule has 0 heterocycles. The van der Waals surface area contributed by atoms with Crippen LogP contribution in [-0.2, 0) is 10.0 Å². The summed E-state index contributed by atoms with van der Waals surface area (Å²) in [6.07, 6.45) is 1.17. The third kappa shape index (κ3) is 3.73. The number of hydrogen-bond acceptors (Lipinski definition) is 4. The molecule has 2 aromatic rings. The van der Waals surface area contributed by atoms with Crippen molar-refractivity contribution in [3.8, 4) is 0 Å². The molecule has 0 saturated heterocycles. The van der Waals surface area contributed by atoms with Crippen LogP contribution in [0, 0.1) is 17.0 Å². The van der Waals surface area contributed by atoms with E-state index in [0.29, 0.717) is 5.56 Å². The fourth-order valence-electron chi connectivity index (χ4n) is 1.58. The van der Waals surface area contributed by atoms with Gasteiger partial charge in [-0.15, -0.1) is 0 Å². The van der Waals surface area contributed by atoms with Gasteiger partial charge in [-0.1, -0.05) is 17.7 Å². The zero-order chi connectivity index (χ0) is 15.5. The third-order valence-electron chi connectivity index (χ3n) is 2.76. The first-order valence-electron chi connectivity index (χ1n) is 6.00. The van der Waals surface area contributed by atoms with Crippen molar-refractivity contribution in [1.29, 1.82) is 0 Å². The van der Waals surface area contributed by atoms with Crippen LogP contribution in [0.3, 0.4) is 0 Å². The number of nitrogens with zero attached hydrogens (tertiary/aromatic N) is 2. The van der Waals surface area contributed by atoms with E-state index in [1.165, 1.54) is 42.6 Å². The summed E-state index contributed by atoms with van der Waals surface area (Å²) < 4.78 is 27.5. The molecule has 0 atom stereocenters. The number of nitro groups is 1. The summed E-state index contributed by atoms with van der Waals surface area (Å²) in [5.41, 5.74) is 1.36. The zero-order valence-corrected chi connectivity index (χ0v) is 11.9. The molecule has 7 heteroatoms. The van der Waals surface area contributed by atoms with Crippen molar-refractivity contribution in [3.05, 3.63) is 69.8 Å². The lowest BCUT2D eigenvalue weighted by molar-refractivity contribution is -0.384. The van der Waals surface area contributed by atoms with Gasteiger partial charge in [0.15, 0.2) is 0 Å². The number of benzene rings is 2. The van der Waals surface area contributed by atoms with Crippen LogP contribution in [-0.4, -0.2) is 19.6 Å². The van der Waals surface area contributed by atoms with Crippen molar-refractivity contribution < 1.29 is 13.3 Å². The summed E-state index contributed by atoms with van der Waals surface area (Å²) in [6.45, 7) is 1.86. The Balaban J connectivity index is 2.23. The highest BCUT2D eigenvalue weighted by molar-refractivity contribution is 7.90. The van der Waals surface area contributed by atoms with Crippen molar-refractivity contribution in [2.75, 3.05) is 0 Å². The van der Waals surface area contributed by atoms with Gasteiger partial charge < -0.3 is 0 Å². The SMILES string of the molecule is Cc1ccc(S(=O)(=O)N=Cc2ccc([N+](=O)[O-])cc2)cc1. The Bertz CT molecular complexity index is 779. The number of aryl methyl sites for hydroxylation is 1. The van der Waals surface area contributed by atoms with E-state index >= 15 is 0 Å². The summed E-state index contributed by atoms with van der Waals surface area (Å²) in [7, 11) is -3.77. The van der Waals surface area contributed by atoms with Crippen LogP contribution < -0.4 is 0 Å². The molecule has 6 nitrogen and oxygen atoms in total. The first-order valence-corrected chi connectivity index (χ1v) is 7.44. The number of non-ortho nitro benzene ring substituents is 1. The molecule has 0 aromatic heterocycles. The minimum atomic E-state index is -3.77. The average molecular weight is 304 g/mol. The van der Waals surface area contributed by atoms with Crippen molar-refractivity contribution in [2.24, 2.45) is 4.40 Å². The summed E-state index contributed by atoms with van der Waals surface area (Å²) in [5, 5.41) is 10.5. The smallest absolute Gasteiger partial charge is 0.258 e. The summed E-state index contributed by atoms with van der Waals surface area (Å²) >= 11 is 0. The molecule has 2 rings (SSSR count). The molecular weight excluding hydrogens is 292 g/mol. The van der Waals surface area contributed by atoms with E-state index in [1.807, 2.05) is 6.92 Å². The first-order chi connectivity index (χ1) is 9.88. The van der Waals surface area contributed by atoms with Gasteiger partial charge >= 0.3 is 0 Å². The maximum absolute atomic E-state index is 12.0. The Morgan fingerprint density at radius 3 is 2.14 bits per heavy atom. The monoisotopic (exact) mass is 304 g/mol. The molecule has 108 valence electrons. The van der Waals surface area contributed by atoms with Crippen molar-refractivity contribution >= 4 is 21.9 Å². The maximum Gasteiger partial charge on any atom is 0.282 e. The second-order valence-corrected chi connectivity index (χ2v) is 6.00. The maximum atomic E-state index is 12.0. The van der Waals surface area contributed by atoms with Crippen LogP contribution in [0.4, 0.5) is 5.69 Å². The summed E-state index contributed by atoms with van der Waals surface area (Å²) in [6, 6.07) is 11.8. The van der Waals surface area contributed by atoms with Crippen LogP contribution in [0.5, 0.6) is 0 Å². The van der Waals surface area contributed by atoms with E-state index in [-0.39, 0.29) is 10.6 Å². The predicted octanol–water partition coefficient (Wildman–Crippen LogP) is 2.71. The molecule has 2 aromatic carbocycles. The highest BCUT2D eigenvalue weighted by Crippen LogP contribution is 2.14. The Morgan fingerprint density at radius 1 is 1.05 bits per heavy atom. The number of nitro benzene ring substituents is 1. The van der Waals surface area contributed by atoms with Crippen LogP contribution in [0.15, 0.2) is 57.8 Å². The Kier molecular flexibility index (Phi) is 4.13. The van der Waals surface area contributed by atoms with Gasteiger partial charge in [0.2, 0.25) is 0 Å². The molecule has 0 unspecified atom stereocenters. The van der Waals surface area contributed by atoms with Gasteiger partial charge in [0.25, 0.3) is 15.7 Å². The Hall–Kier alpha value is -2.54. The Morgan fingerprint density at radius 2 is 1.62 bits per heavy atom. The van der Waals surface area contributed by atoms with Crippen LogP contribution in [0.1, 0.15) is 11.1 Å². The molecule has 0 saturated carbocycles. The summed E-state index contributed by atoms with van der Waals surface area (Å²) in [5.74, 6) is 0. The van der Waals surface area contributed by atoms with Gasteiger partial charge in [-0.3, -0.25) is 10.1 Å². The zero-order valence-electron chi connectivity index (χ0n) is 11.1. The van der Waals surface area contributed by atoms with E-state index in [1.54, 1.807) is 12.1 Å². The van der Waals surface area contributed by atoms with Gasteiger partial charge in [-0.2, -0.15) is 12.8 Å². The molecule has 0 N–H and O–H groups in total. The highest BCUT2D eigenvalue weighted by Gasteiger charge is 2.11. The predicted molar refractivity (Wildman–Crippen MR) is 79.1 cm³/mol. The fraction of sp³-hybridized carbons (Fsp3) is 0.0714. The van der Waals surface area contributed by atoms with E-state index < -0.39 is 14.9 Å². The minimum Gasteiger partial charge on any atom is -0.258 e. The normalized spacial score (nSPS) is 11.7. The molecule has 0 aliphatic carbocycles. The van der Waals surface area contributed by atoms with E-state index in [0.717, 1.165) is 5.56 Å². The molecule has 0 bridgehead atoms. The van der Waals surface area contributed by atoms with Gasteiger partial charge in [-0.25, -0.2) is 0 Å². The van der Waals surface area contributed by atoms with Crippen molar-refractivity contribution in [1.82, 2.24) is 0 Å². The third-order valence-corrected chi connectivity index (χ3v) is 4.01. The molecule has 0 radical (unpaired) electrons. The van der Waals surface area contributed by atoms with Crippen LogP contribution in [0.2, 0.25) is 0 Å². The van der Waals surface area contributed by atoms with Crippen molar-refractivity contribution in [2.45, 2.75) is 11.8 Å². The van der Waals surface area contributed by atoms with Crippen LogP contribution >= 0.6 is 0 Å². The topological polar surface area (TPSA) is 89.6 Å². The van der Waals surface area contributed by atoms with Gasteiger partial charge in [0, 0.05) is 18.3 Å². The highest BCUT2D eigenvalue weighted by atomic mass is 32.2. The second-order valence-electron chi connectivity index (χ2n) is 4.37. The molecule has 0 aliphatic rings. The quantitative estimate of drug-likeness (QED) is 0.493. The first kappa shape index (κ1) is 14.9. The second kappa shape index (κ2) is 5.84. The van der Waals surface area contributed by atoms with E-state index in [4.69, 9.17) is 0 Å². The number of hydrogen-bond donors (Lipinski definition) is 0. The lowest BCUT2D eigenvalue weighted by Gasteiger charge is -1.99. The molecule has 0 amide bonds. The molecule has 0 spiro atoms. The molecular formula is C14H12N2O4S.